The van der Waals surface area contributed by atoms with Gasteiger partial charge >= 0.3 is 0 Å². The predicted octanol–water partition coefficient (Wildman–Crippen LogP) is 4.35. The molecular weight excluding hydrogens is 373 g/mol. The molecule has 2 heterocycles. The topological polar surface area (TPSA) is 68.5 Å². The van der Waals surface area contributed by atoms with Crippen molar-refractivity contribution in [3.8, 4) is 17.1 Å². The molecule has 1 saturated heterocycles. The Morgan fingerprint density at radius 3 is 2.83 bits per heavy atom. The van der Waals surface area contributed by atoms with E-state index in [4.69, 9.17) is 9.26 Å². The summed E-state index contributed by atoms with van der Waals surface area (Å²) in [4.78, 5) is 18.9. The summed E-state index contributed by atoms with van der Waals surface area (Å²) in [5.41, 5.74) is 1.69. The molecule has 1 fully saturated rings. The fraction of sp³-hybridized carbons (Fsp3) is 0.318. The smallest absolute Gasteiger partial charge is 0.232 e. The average Bonchev–Trinajstić information content (AvgIpc) is 3.35. The number of halogens is 1. The lowest BCUT2D eigenvalue weighted by atomic mass is 10.1. The van der Waals surface area contributed by atoms with Gasteiger partial charge in [-0.25, -0.2) is 4.39 Å². The lowest BCUT2D eigenvalue weighted by Gasteiger charge is -2.25. The molecule has 0 spiro atoms. The lowest BCUT2D eigenvalue weighted by molar-refractivity contribution is -0.129. The van der Waals surface area contributed by atoms with Crippen LogP contribution in [0, 0.1) is 5.82 Å². The minimum atomic E-state index is -0.293. The van der Waals surface area contributed by atoms with Crippen LogP contribution >= 0.6 is 0 Å². The number of rotatable bonds is 6. The number of carbonyl (C=O) groups is 1. The SMILES string of the molecule is CCOc1cccc(-c2noc(C3CC(=O)N(C(C)c4ccc(F)cc4)C3)n2)c1. The largest absolute Gasteiger partial charge is 0.494 e. The zero-order chi connectivity index (χ0) is 20.4. The van der Waals surface area contributed by atoms with E-state index in [1.807, 2.05) is 38.1 Å². The number of aromatic nitrogens is 2. The molecule has 29 heavy (non-hydrogen) atoms. The third-order valence-electron chi connectivity index (χ3n) is 5.17. The standard InChI is InChI=1S/C22H22FN3O3/c1-3-28-19-6-4-5-16(11-19)21-24-22(29-25-21)17-12-20(27)26(13-17)14(2)15-7-9-18(23)10-8-15/h4-11,14,17H,3,12-13H2,1-2H3. The van der Waals surface area contributed by atoms with Crippen LogP contribution in [0.15, 0.2) is 53.1 Å². The highest BCUT2D eigenvalue weighted by molar-refractivity contribution is 5.80. The van der Waals surface area contributed by atoms with E-state index in [1.54, 1.807) is 17.0 Å². The van der Waals surface area contributed by atoms with Crippen molar-refractivity contribution in [2.24, 2.45) is 0 Å². The molecule has 1 amide bonds. The van der Waals surface area contributed by atoms with Gasteiger partial charge in [-0.1, -0.05) is 29.4 Å². The summed E-state index contributed by atoms with van der Waals surface area (Å²) in [6, 6.07) is 13.6. The summed E-state index contributed by atoms with van der Waals surface area (Å²) in [5.74, 6) is 1.22. The van der Waals surface area contributed by atoms with E-state index in [1.165, 1.54) is 12.1 Å². The second kappa shape index (κ2) is 8.03. The van der Waals surface area contributed by atoms with E-state index in [0.717, 1.165) is 16.9 Å². The van der Waals surface area contributed by atoms with Crippen LogP contribution < -0.4 is 4.74 Å². The Kier molecular flexibility index (Phi) is 5.29. The number of benzene rings is 2. The van der Waals surface area contributed by atoms with Gasteiger partial charge in [-0.15, -0.1) is 0 Å². The molecule has 6 nitrogen and oxygen atoms in total. The van der Waals surface area contributed by atoms with Gasteiger partial charge in [-0.3, -0.25) is 4.79 Å². The van der Waals surface area contributed by atoms with E-state index in [-0.39, 0.29) is 23.7 Å². The van der Waals surface area contributed by atoms with Crippen LogP contribution in [0.4, 0.5) is 4.39 Å². The molecule has 7 heteroatoms. The molecule has 0 radical (unpaired) electrons. The summed E-state index contributed by atoms with van der Waals surface area (Å²) < 4.78 is 24.2. The maximum absolute atomic E-state index is 13.2. The first-order valence-electron chi connectivity index (χ1n) is 9.67. The molecule has 1 aliphatic rings. The Morgan fingerprint density at radius 1 is 1.28 bits per heavy atom. The van der Waals surface area contributed by atoms with Gasteiger partial charge in [0.1, 0.15) is 11.6 Å². The van der Waals surface area contributed by atoms with Crippen molar-refractivity contribution in [3.05, 3.63) is 65.8 Å². The van der Waals surface area contributed by atoms with Crippen LogP contribution in [0.5, 0.6) is 5.75 Å². The Morgan fingerprint density at radius 2 is 2.07 bits per heavy atom. The van der Waals surface area contributed by atoms with Crippen LogP contribution in [-0.2, 0) is 4.79 Å². The van der Waals surface area contributed by atoms with Gasteiger partial charge in [0.05, 0.1) is 18.6 Å². The molecule has 2 unspecified atom stereocenters. The third-order valence-corrected chi connectivity index (χ3v) is 5.17. The molecule has 0 bridgehead atoms. The molecule has 0 saturated carbocycles. The molecule has 2 atom stereocenters. The van der Waals surface area contributed by atoms with Gasteiger partial charge < -0.3 is 14.2 Å². The highest BCUT2D eigenvalue weighted by Gasteiger charge is 2.37. The lowest BCUT2D eigenvalue weighted by Crippen LogP contribution is -2.28. The van der Waals surface area contributed by atoms with Crippen molar-refractivity contribution in [3.63, 3.8) is 0 Å². The van der Waals surface area contributed by atoms with Crippen LogP contribution in [0.25, 0.3) is 11.4 Å². The average molecular weight is 395 g/mol. The van der Waals surface area contributed by atoms with Crippen LogP contribution in [0.3, 0.4) is 0 Å². The van der Waals surface area contributed by atoms with Gasteiger partial charge in [0, 0.05) is 18.5 Å². The van der Waals surface area contributed by atoms with Gasteiger partial charge in [-0.2, -0.15) is 4.98 Å². The Hall–Kier alpha value is -3.22. The highest BCUT2D eigenvalue weighted by Crippen LogP contribution is 2.34. The maximum atomic E-state index is 13.2. The predicted molar refractivity (Wildman–Crippen MR) is 105 cm³/mol. The molecule has 1 aliphatic heterocycles. The fourth-order valence-electron chi connectivity index (χ4n) is 3.60. The van der Waals surface area contributed by atoms with Crippen LogP contribution in [0.1, 0.15) is 43.7 Å². The number of nitrogens with zero attached hydrogens (tertiary/aromatic N) is 3. The number of ether oxygens (including phenoxy) is 1. The second-order valence-corrected chi connectivity index (χ2v) is 7.09. The molecule has 150 valence electrons. The minimum absolute atomic E-state index is 0.0184. The van der Waals surface area contributed by atoms with Crippen molar-refractivity contribution >= 4 is 5.91 Å². The van der Waals surface area contributed by atoms with Crippen molar-refractivity contribution in [2.75, 3.05) is 13.2 Å². The monoisotopic (exact) mass is 395 g/mol. The molecule has 2 aromatic carbocycles. The van der Waals surface area contributed by atoms with E-state index < -0.39 is 0 Å². The summed E-state index contributed by atoms with van der Waals surface area (Å²) in [6.45, 7) is 4.92. The maximum Gasteiger partial charge on any atom is 0.232 e. The number of amides is 1. The molecule has 1 aromatic heterocycles. The highest BCUT2D eigenvalue weighted by atomic mass is 19.1. The van der Waals surface area contributed by atoms with Crippen molar-refractivity contribution in [2.45, 2.75) is 32.2 Å². The normalized spacial score (nSPS) is 17.6. The first-order valence-corrected chi connectivity index (χ1v) is 9.67. The van der Waals surface area contributed by atoms with Crippen LogP contribution in [-0.4, -0.2) is 34.1 Å². The third kappa shape index (κ3) is 3.99. The molecular formula is C22H22FN3O3. The summed E-state index contributed by atoms with van der Waals surface area (Å²) >= 11 is 0. The van der Waals surface area contributed by atoms with Gasteiger partial charge in [-0.05, 0) is 43.7 Å². The first kappa shape index (κ1) is 19.1. The molecule has 0 aliphatic carbocycles. The van der Waals surface area contributed by atoms with Crippen molar-refractivity contribution in [1.29, 1.82) is 0 Å². The summed E-state index contributed by atoms with van der Waals surface area (Å²) in [5, 5.41) is 4.08. The van der Waals surface area contributed by atoms with E-state index in [2.05, 4.69) is 10.1 Å². The number of hydrogen-bond acceptors (Lipinski definition) is 5. The number of hydrogen-bond donors (Lipinski definition) is 0. The summed E-state index contributed by atoms with van der Waals surface area (Å²) in [6.07, 6.45) is 0.312. The van der Waals surface area contributed by atoms with Crippen molar-refractivity contribution < 1.29 is 18.4 Å². The molecule has 0 N–H and O–H groups in total. The van der Waals surface area contributed by atoms with Gasteiger partial charge in [0.25, 0.3) is 0 Å². The van der Waals surface area contributed by atoms with Crippen molar-refractivity contribution in [1.82, 2.24) is 15.0 Å². The Bertz CT molecular complexity index is 1000. The first-order chi connectivity index (χ1) is 14.0. The number of likely N-dealkylation sites (tertiary alicyclic amines) is 1. The van der Waals surface area contributed by atoms with Crippen LogP contribution in [0.2, 0.25) is 0 Å². The van der Waals surface area contributed by atoms with E-state index >= 15 is 0 Å². The van der Waals surface area contributed by atoms with Gasteiger partial charge in [0.15, 0.2) is 0 Å². The number of carbonyl (C=O) groups excluding carboxylic acids is 1. The Balaban J connectivity index is 1.50. The summed E-state index contributed by atoms with van der Waals surface area (Å²) in [7, 11) is 0. The minimum Gasteiger partial charge on any atom is -0.494 e. The zero-order valence-corrected chi connectivity index (χ0v) is 16.3. The molecule has 3 aromatic rings. The fourth-order valence-corrected chi connectivity index (χ4v) is 3.60. The van der Waals surface area contributed by atoms with Gasteiger partial charge in [0.2, 0.25) is 17.6 Å². The van der Waals surface area contributed by atoms with E-state index in [9.17, 15) is 9.18 Å². The van der Waals surface area contributed by atoms with E-state index in [0.29, 0.717) is 31.3 Å². The quantitative estimate of drug-likeness (QED) is 0.621. The Labute approximate surface area is 168 Å². The molecule has 4 rings (SSSR count). The zero-order valence-electron chi connectivity index (χ0n) is 16.3. The second-order valence-electron chi connectivity index (χ2n) is 7.09.